The highest BCUT2D eigenvalue weighted by atomic mass is 28.3. The van der Waals surface area contributed by atoms with Crippen LogP contribution in [-0.4, -0.2) is 16.1 Å². The van der Waals surface area contributed by atoms with Gasteiger partial charge in [0.25, 0.3) is 0 Å². The topological polar surface area (TPSA) is 9.23 Å². The molecule has 0 saturated carbocycles. The summed E-state index contributed by atoms with van der Waals surface area (Å²) in [6, 6.07) is 4.34. The summed E-state index contributed by atoms with van der Waals surface area (Å²) < 4.78 is 6.18. The molecule has 3 rings (SSSR count). The fraction of sp³-hybridized carbons (Fsp3) is 0.500. The second-order valence-electron chi connectivity index (χ2n) is 8.68. The Balaban J connectivity index is 2.10. The maximum atomic E-state index is 6.18. The van der Waals surface area contributed by atoms with Crippen LogP contribution >= 0.6 is 0 Å². The van der Waals surface area contributed by atoms with E-state index in [1.807, 2.05) is 0 Å². The summed E-state index contributed by atoms with van der Waals surface area (Å²) in [6.45, 7) is 13.7. The molecule has 1 nitrogen and oxygen atoms in total. The smallest absolute Gasteiger partial charge is 0.129 e. The van der Waals surface area contributed by atoms with Crippen LogP contribution in [0.4, 0.5) is 0 Å². The Hall–Kier alpha value is -1.27. The molecule has 0 radical (unpaired) electrons. The molecule has 2 bridgehead atoms. The van der Waals surface area contributed by atoms with Crippen molar-refractivity contribution in [2.45, 2.75) is 64.3 Å². The molecule has 0 aliphatic carbocycles. The highest BCUT2D eigenvalue weighted by Crippen LogP contribution is 2.52. The lowest BCUT2D eigenvalue weighted by molar-refractivity contribution is 0.0715. The van der Waals surface area contributed by atoms with Gasteiger partial charge in [-0.25, -0.2) is 0 Å². The van der Waals surface area contributed by atoms with Crippen molar-refractivity contribution in [1.82, 2.24) is 0 Å². The first-order valence-electron chi connectivity index (χ1n) is 8.53. The molecule has 2 aliphatic heterocycles. The molecule has 1 aromatic rings. The normalized spacial score (nSPS) is 22.0. The van der Waals surface area contributed by atoms with E-state index in [2.05, 4.69) is 74.3 Å². The van der Waals surface area contributed by atoms with E-state index in [-0.39, 0.29) is 12.2 Å². The van der Waals surface area contributed by atoms with Crippen LogP contribution in [0, 0.1) is 22.9 Å². The summed E-state index contributed by atoms with van der Waals surface area (Å²) >= 11 is 0. The molecule has 2 heterocycles. The van der Waals surface area contributed by atoms with E-state index in [1.165, 1.54) is 22.3 Å². The molecular formula is C20H26OSi2. The van der Waals surface area contributed by atoms with E-state index in [1.54, 1.807) is 0 Å². The van der Waals surface area contributed by atoms with Crippen LogP contribution in [0.5, 0.6) is 0 Å². The van der Waals surface area contributed by atoms with Gasteiger partial charge in [-0.05, 0) is 25.0 Å². The molecule has 3 heteroatoms. The molecule has 2 aliphatic rings. The standard InChI is InChI=1S/C20H26OSi2/c1-22(2,3)13-11-15-7-8-16(12-14-23(4,5)6)20-18-10-9-17(21-18)19(15)20/h7-8,17-18H,9-10H2,1-6H3. The average molecular weight is 339 g/mol. The van der Waals surface area contributed by atoms with Gasteiger partial charge in [0.1, 0.15) is 16.1 Å². The molecule has 1 fully saturated rings. The van der Waals surface area contributed by atoms with Crippen molar-refractivity contribution >= 4 is 16.1 Å². The Labute approximate surface area is 142 Å². The SMILES string of the molecule is C[Si](C)(C)C#Cc1ccc(C#C[Si](C)(C)C)c2c1C1CCC2O1. The number of hydrogen-bond donors (Lipinski definition) is 0. The van der Waals surface area contributed by atoms with Crippen LogP contribution in [0.3, 0.4) is 0 Å². The number of ether oxygens (including phenoxy) is 1. The zero-order valence-electron chi connectivity index (χ0n) is 15.1. The molecular weight excluding hydrogens is 312 g/mol. The zero-order valence-corrected chi connectivity index (χ0v) is 17.1. The fourth-order valence-electron chi connectivity index (χ4n) is 3.12. The Morgan fingerprint density at radius 2 is 1.17 bits per heavy atom. The second-order valence-corrected chi connectivity index (χ2v) is 18.2. The highest BCUT2D eigenvalue weighted by molar-refractivity contribution is 6.84. The van der Waals surface area contributed by atoms with Crippen molar-refractivity contribution in [3.05, 3.63) is 34.4 Å². The summed E-state index contributed by atoms with van der Waals surface area (Å²) in [4.78, 5) is 0. The molecule has 0 aromatic heterocycles. The molecule has 0 amide bonds. The lowest BCUT2D eigenvalue weighted by Gasteiger charge is -2.16. The molecule has 2 unspecified atom stereocenters. The van der Waals surface area contributed by atoms with Gasteiger partial charge in [-0.3, -0.25) is 0 Å². The lowest BCUT2D eigenvalue weighted by Crippen LogP contribution is -2.17. The summed E-state index contributed by atoms with van der Waals surface area (Å²) in [5.74, 6) is 6.92. The van der Waals surface area contributed by atoms with Crippen LogP contribution < -0.4 is 0 Å². The minimum absolute atomic E-state index is 0.245. The van der Waals surface area contributed by atoms with Crippen LogP contribution in [0.2, 0.25) is 39.3 Å². The van der Waals surface area contributed by atoms with Gasteiger partial charge in [0.15, 0.2) is 0 Å². The van der Waals surface area contributed by atoms with Crippen molar-refractivity contribution in [2.24, 2.45) is 0 Å². The van der Waals surface area contributed by atoms with Gasteiger partial charge < -0.3 is 4.74 Å². The molecule has 0 N–H and O–H groups in total. The van der Waals surface area contributed by atoms with Gasteiger partial charge in [-0.1, -0.05) is 51.1 Å². The van der Waals surface area contributed by atoms with Gasteiger partial charge in [0.05, 0.1) is 12.2 Å². The number of rotatable bonds is 0. The first kappa shape index (κ1) is 16.6. The average Bonchev–Trinajstić information content (AvgIpc) is 3.03. The van der Waals surface area contributed by atoms with Crippen LogP contribution in [0.1, 0.15) is 47.3 Å². The van der Waals surface area contributed by atoms with Gasteiger partial charge in [-0.15, -0.1) is 11.1 Å². The molecule has 120 valence electrons. The van der Waals surface area contributed by atoms with Crippen molar-refractivity contribution in [1.29, 1.82) is 0 Å². The monoisotopic (exact) mass is 338 g/mol. The molecule has 23 heavy (non-hydrogen) atoms. The minimum atomic E-state index is -1.37. The molecule has 0 spiro atoms. The van der Waals surface area contributed by atoms with E-state index >= 15 is 0 Å². The predicted molar refractivity (Wildman–Crippen MR) is 103 cm³/mol. The Bertz CT molecular complexity index is 693. The van der Waals surface area contributed by atoms with Crippen LogP contribution in [0.25, 0.3) is 0 Å². The third-order valence-corrected chi connectivity index (χ3v) is 5.85. The van der Waals surface area contributed by atoms with E-state index in [4.69, 9.17) is 4.74 Å². The van der Waals surface area contributed by atoms with Crippen molar-refractivity contribution in [2.75, 3.05) is 0 Å². The maximum absolute atomic E-state index is 6.18. The van der Waals surface area contributed by atoms with E-state index in [0.29, 0.717) is 0 Å². The quantitative estimate of drug-likeness (QED) is 0.475. The van der Waals surface area contributed by atoms with E-state index in [9.17, 15) is 0 Å². The Morgan fingerprint density at radius 1 is 0.783 bits per heavy atom. The molecule has 2 atom stereocenters. The summed E-state index contributed by atoms with van der Waals surface area (Å²) in [5, 5.41) is 0. The van der Waals surface area contributed by atoms with Gasteiger partial charge in [0.2, 0.25) is 0 Å². The lowest BCUT2D eigenvalue weighted by atomic mass is 9.85. The first-order chi connectivity index (χ1) is 10.6. The molecule has 1 saturated heterocycles. The first-order valence-corrected chi connectivity index (χ1v) is 15.5. The van der Waals surface area contributed by atoms with Crippen molar-refractivity contribution in [3.8, 4) is 22.9 Å². The second kappa shape index (κ2) is 5.67. The van der Waals surface area contributed by atoms with Gasteiger partial charge in [-0.2, -0.15) is 0 Å². The van der Waals surface area contributed by atoms with Crippen molar-refractivity contribution < 1.29 is 4.74 Å². The summed E-state index contributed by atoms with van der Waals surface area (Å²) in [6.07, 6.45) is 2.75. The minimum Gasteiger partial charge on any atom is -0.365 e. The Morgan fingerprint density at radius 3 is 1.52 bits per heavy atom. The third-order valence-electron chi connectivity index (χ3n) is 4.10. The predicted octanol–water partition coefficient (Wildman–Crippen LogP) is 5.05. The zero-order chi connectivity index (χ0) is 16.8. The summed E-state index contributed by atoms with van der Waals surface area (Å²) in [7, 11) is -2.74. The maximum Gasteiger partial charge on any atom is 0.129 e. The number of hydrogen-bond acceptors (Lipinski definition) is 1. The van der Waals surface area contributed by atoms with E-state index in [0.717, 1.165) is 12.8 Å². The van der Waals surface area contributed by atoms with Gasteiger partial charge >= 0.3 is 0 Å². The molecule has 1 aromatic carbocycles. The number of fused-ring (bicyclic) bond motifs is 5. The highest BCUT2D eigenvalue weighted by Gasteiger charge is 2.40. The van der Waals surface area contributed by atoms with Crippen LogP contribution in [0.15, 0.2) is 12.1 Å². The fourth-order valence-corrected chi connectivity index (χ4v) is 4.14. The largest absolute Gasteiger partial charge is 0.365 e. The van der Waals surface area contributed by atoms with E-state index < -0.39 is 16.1 Å². The third kappa shape index (κ3) is 3.64. The van der Waals surface area contributed by atoms with Crippen molar-refractivity contribution in [3.63, 3.8) is 0 Å². The van der Waals surface area contributed by atoms with Gasteiger partial charge in [0, 0.05) is 22.3 Å². The number of benzene rings is 1. The summed E-state index contributed by atoms with van der Waals surface area (Å²) in [5.41, 5.74) is 12.0. The van der Waals surface area contributed by atoms with Crippen LogP contribution in [-0.2, 0) is 4.74 Å². The Kier molecular flexibility index (Phi) is 4.09.